The lowest BCUT2D eigenvalue weighted by atomic mass is 9.67. The van der Waals surface area contributed by atoms with Crippen LogP contribution >= 0.6 is 0 Å². The molecule has 136 valence electrons. The molecule has 5 nitrogen and oxygen atoms in total. The summed E-state index contributed by atoms with van der Waals surface area (Å²) >= 11 is 0. The lowest BCUT2D eigenvalue weighted by Gasteiger charge is -2.40. The number of nitrogens with zero attached hydrogens (tertiary/aromatic N) is 2. The fourth-order valence-electron chi connectivity index (χ4n) is 5.34. The summed E-state index contributed by atoms with van der Waals surface area (Å²) in [4.78, 5) is 28.5. The lowest BCUT2D eigenvalue weighted by Crippen LogP contribution is -2.48. The van der Waals surface area contributed by atoms with Gasteiger partial charge >= 0.3 is 6.03 Å². The molecule has 1 N–H and O–H groups in total. The molecule has 0 aromatic heterocycles. The number of rotatable bonds is 3. The fourth-order valence-corrected chi connectivity index (χ4v) is 5.34. The van der Waals surface area contributed by atoms with Gasteiger partial charge in [-0.15, -0.1) is 0 Å². The van der Waals surface area contributed by atoms with Gasteiger partial charge in [0.1, 0.15) is 0 Å². The summed E-state index contributed by atoms with van der Waals surface area (Å²) in [6.07, 6.45) is 6.20. The van der Waals surface area contributed by atoms with E-state index >= 15 is 0 Å². The first-order valence-corrected chi connectivity index (χ1v) is 9.66. The minimum absolute atomic E-state index is 0.0678. The van der Waals surface area contributed by atoms with E-state index in [2.05, 4.69) is 26.1 Å². The highest BCUT2D eigenvalue weighted by Crippen LogP contribution is 2.43. The number of hydrogen-bond acceptors (Lipinski definition) is 2. The predicted molar refractivity (Wildman–Crippen MR) is 94.6 cm³/mol. The zero-order chi connectivity index (χ0) is 17.3. The van der Waals surface area contributed by atoms with Crippen LogP contribution in [0, 0.1) is 17.3 Å². The van der Waals surface area contributed by atoms with Crippen molar-refractivity contribution in [3.8, 4) is 0 Å². The van der Waals surface area contributed by atoms with E-state index in [4.69, 9.17) is 0 Å². The maximum absolute atomic E-state index is 12.7. The van der Waals surface area contributed by atoms with E-state index in [1.54, 1.807) is 0 Å². The Balaban J connectivity index is 1.47. The topological polar surface area (TPSA) is 52.7 Å². The summed E-state index contributed by atoms with van der Waals surface area (Å²) < 4.78 is 0. The second kappa shape index (κ2) is 6.93. The molecule has 3 rings (SSSR count). The van der Waals surface area contributed by atoms with E-state index in [9.17, 15) is 9.59 Å². The Kier molecular flexibility index (Phi) is 5.07. The number of urea groups is 1. The monoisotopic (exact) mass is 335 g/mol. The van der Waals surface area contributed by atoms with Gasteiger partial charge in [0.15, 0.2) is 0 Å². The average Bonchev–Trinajstić information content (AvgIpc) is 2.91. The van der Waals surface area contributed by atoms with Gasteiger partial charge in [0, 0.05) is 38.6 Å². The van der Waals surface area contributed by atoms with Gasteiger partial charge in [-0.25, -0.2) is 4.79 Å². The standard InChI is InChI=1S/C19H33N3O2/c1-14-10-15(13-19(2,3)12-14)11-17(23)21-7-4-16(5-8-21)22-9-6-20-18(22)24/h14-16H,4-13H2,1-3H3,(H,20,24). The van der Waals surface area contributed by atoms with Gasteiger partial charge in [-0.2, -0.15) is 0 Å². The normalized spacial score (nSPS) is 31.2. The van der Waals surface area contributed by atoms with Crippen molar-refractivity contribution in [2.24, 2.45) is 17.3 Å². The maximum Gasteiger partial charge on any atom is 0.317 e. The van der Waals surface area contributed by atoms with Crippen molar-refractivity contribution in [3.05, 3.63) is 0 Å². The van der Waals surface area contributed by atoms with Crippen molar-refractivity contribution in [2.75, 3.05) is 26.2 Å². The third kappa shape index (κ3) is 4.04. The number of hydrogen-bond donors (Lipinski definition) is 1. The molecule has 0 bridgehead atoms. The van der Waals surface area contributed by atoms with Crippen LogP contribution in [0.2, 0.25) is 0 Å². The van der Waals surface area contributed by atoms with E-state index in [1.165, 1.54) is 19.3 Å². The first kappa shape index (κ1) is 17.6. The molecule has 1 aliphatic carbocycles. The molecular formula is C19H33N3O2. The molecule has 0 spiro atoms. The summed E-state index contributed by atoms with van der Waals surface area (Å²) in [5, 5.41) is 2.87. The van der Waals surface area contributed by atoms with Crippen LogP contribution in [-0.4, -0.2) is 54.0 Å². The molecular weight excluding hydrogens is 302 g/mol. The first-order valence-electron chi connectivity index (χ1n) is 9.66. The smallest absolute Gasteiger partial charge is 0.317 e. The molecule has 5 heteroatoms. The number of amides is 3. The Morgan fingerprint density at radius 2 is 1.92 bits per heavy atom. The summed E-state index contributed by atoms with van der Waals surface area (Å²) in [6, 6.07) is 0.378. The second-order valence-corrected chi connectivity index (χ2v) is 9.02. The molecule has 24 heavy (non-hydrogen) atoms. The third-order valence-electron chi connectivity index (χ3n) is 6.09. The van der Waals surface area contributed by atoms with Crippen LogP contribution < -0.4 is 5.32 Å². The zero-order valence-corrected chi connectivity index (χ0v) is 15.5. The van der Waals surface area contributed by atoms with Gasteiger partial charge in [-0.1, -0.05) is 20.8 Å². The third-order valence-corrected chi connectivity index (χ3v) is 6.09. The number of carbonyl (C=O) groups is 2. The molecule has 3 fully saturated rings. The van der Waals surface area contributed by atoms with E-state index in [0.29, 0.717) is 29.7 Å². The van der Waals surface area contributed by atoms with E-state index in [1.807, 2.05) is 9.80 Å². The lowest BCUT2D eigenvalue weighted by molar-refractivity contribution is -0.134. The van der Waals surface area contributed by atoms with Crippen LogP contribution in [0.15, 0.2) is 0 Å². The van der Waals surface area contributed by atoms with Gasteiger partial charge in [0.2, 0.25) is 5.91 Å². The van der Waals surface area contributed by atoms with Crippen molar-refractivity contribution < 1.29 is 9.59 Å². The Morgan fingerprint density at radius 1 is 1.21 bits per heavy atom. The Morgan fingerprint density at radius 3 is 2.50 bits per heavy atom. The molecule has 3 aliphatic rings. The van der Waals surface area contributed by atoms with Crippen molar-refractivity contribution >= 4 is 11.9 Å². The summed E-state index contributed by atoms with van der Waals surface area (Å²) in [5.74, 6) is 1.60. The zero-order valence-electron chi connectivity index (χ0n) is 15.5. The SMILES string of the molecule is CC1CC(CC(=O)N2CCC(N3CCNC3=O)CC2)CC(C)(C)C1. The first-order chi connectivity index (χ1) is 11.3. The van der Waals surface area contributed by atoms with Crippen molar-refractivity contribution in [1.82, 2.24) is 15.1 Å². The molecule has 0 radical (unpaired) electrons. The van der Waals surface area contributed by atoms with E-state index < -0.39 is 0 Å². The highest BCUT2D eigenvalue weighted by molar-refractivity contribution is 5.77. The van der Waals surface area contributed by atoms with Crippen molar-refractivity contribution in [2.45, 2.75) is 65.3 Å². The van der Waals surface area contributed by atoms with Crippen LogP contribution in [0.5, 0.6) is 0 Å². The number of carbonyl (C=O) groups excluding carboxylic acids is 2. The maximum atomic E-state index is 12.7. The van der Waals surface area contributed by atoms with E-state index in [0.717, 1.165) is 44.9 Å². The van der Waals surface area contributed by atoms with Crippen molar-refractivity contribution in [3.63, 3.8) is 0 Å². The number of nitrogens with one attached hydrogen (secondary N) is 1. The largest absolute Gasteiger partial charge is 0.343 e. The van der Waals surface area contributed by atoms with Crippen LogP contribution in [0.25, 0.3) is 0 Å². The minimum atomic E-state index is 0.0678. The highest BCUT2D eigenvalue weighted by atomic mass is 16.2. The van der Waals surface area contributed by atoms with Gasteiger partial charge in [0.25, 0.3) is 0 Å². The summed E-state index contributed by atoms with van der Waals surface area (Å²) in [7, 11) is 0. The molecule has 3 amide bonds. The average molecular weight is 335 g/mol. The van der Waals surface area contributed by atoms with Gasteiger partial charge < -0.3 is 15.1 Å². The van der Waals surface area contributed by atoms with Gasteiger partial charge in [0.05, 0.1) is 0 Å². The van der Waals surface area contributed by atoms with Gasteiger partial charge in [-0.05, 0) is 49.4 Å². The molecule has 2 atom stereocenters. The Hall–Kier alpha value is -1.26. The number of piperidine rings is 1. The highest BCUT2D eigenvalue weighted by Gasteiger charge is 2.35. The second-order valence-electron chi connectivity index (χ2n) is 9.02. The minimum Gasteiger partial charge on any atom is -0.343 e. The molecule has 0 aromatic rings. The number of likely N-dealkylation sites (tertiary alicyclic amines) is 1. The molecule has 1 saturated carbocycles. The van der Waals surface area contributed by atoms with Crippen LogP contribution in [-0.2, 0) is 4.79 Å². The fraction of sp³-hybridized carbons (Fsp3) is 0.895. The van der Waals surface area contributed by atoms with Crippen LogP contribution in [0.1, 0.15) is 59.3 Å². The van der Waals surface area contributed by atoms with Crippen molar-refractivity contribution in [1.29, 1.82) is 0 Å². The quantitative estimate of drug-likeness (QED) is 0.862. The molecule has 0 aromatic carbocycles. The molecule has 2 aliphatic heterocycles. The Labute approximate surface area is 146 Å². The van der Waals surface area contributed by atoms with Crippen LogP contribution in [0.3, 0.4) is 0 Å². The predicted octanol–water partition coefficient (Wildman–Crippen LogP) is 2.86. The molecule has 2 unspecified atom stereocenters. The summed E-state index contributed by atoms with van der Waals surface area (Å²) in [5.41, 5.74) is 0.374. The van der Waals surface area contributed by atoms with Gasteiger partial charge in [-0.3, -0.25) is 4.79 Å². The van der Waals surface area contributed by atoms with E-state index in [-0.39, 0.29) is 6.03 Å². The van der Waals surface area contributed by atoms with Crippen LogP contribution in [0.4, 0.5) is 4.79 Å². The molecule has 2 saturated heterocycles. The molecule has 2 heterocycles. The Bertz CT molecular complexity index is 483. The summed E-state index contributed by atoms with van der Waals surface area (Å²) in [6.45, 7) is 10.2.